The standard InChI is InChI=1S/C12H14FN3/c1-8(2)10-5-4-9(6-11(10)13)12-7-16(3)15-14-12/h4-8H,1-3H3. The second kappa shape index (κ2) is 4.04. The van der Waals surface area contributed by atoms with Crippen molar-refractivity contribution in [1.29, 1.82) is 0 Å². The van der Waals surface area contributed by atoms with Gasteiger partial charge < -0.3 is 0 Å². The van der Waals surface area contributed by atoms with Crippen molar-refractivity contribution >= 4 is 0 Å². The van der Waals surface area contributed by atoms with E-state index >= 15 is 0 Å². The van der Waals surface area contributed by atoms with E-state index in [2.05, 4.69) is 10.3 Å². The first-order valence-electron chi connectivity index (χ1n) is 5.24. The SMILES string of the molecule is CC(C)c1ccc(-c2cn(C)nn2)cc1F. The van der Waals surface area contributed by atoms with E-state index in [1.165, 1.54) is 6.07 Å². The van der Waals surface area contributed by atoms with Crippen LogP contribution in [0, 0.1) is 5.82 Å². The molecule has 0 aliphatic carbocycles. The van der Waals surface area contributed by atoms with E-state index < -0.39 is 0 Å². The summed E-state index contributed by atoms with van der Waals surface area (Å²) in [6.07, 6.45) is 1.77. The summed E-state index contributed by atoms with van der Waals surface area (Å²) in [5, 5.41) is 7.77. The maximum atomic E-state index is 13.7. The Balaban J connectivity index is 2.42. The van der Waals surface area contributed by atoms with Crippen LogP contribution in [0.1, 0.15) is 25.3 Å². The van der Waals surface area contributed by atoms with Gasteiger partial charge in [0.05, 0.1) is 6.20 Å². The molecule has 2 rings (SSSR count). The molecule has 16 heavy (non-hydrogen) atoms. The van der Waals surface area contributed by atoms with Gasteiger partial charge in [0, 0.05) is 12.6 Å². The maximum Gasteiger partial charge on any atom is 0.127 e. The van der Waals surface area contributed by atoms with Crippen molar-refractivity contribution in [2.75, 3.05) is 0 Å². The minimum absolute atomic E-state index is 0.182. The quantitative estimate of drug-likeness (QED) is 0.777. The Kier molecular flexibility index (Phi) is 2.73. The third kappa shape index (κ3) is 1.96. The molecular formula is C12H14FN3. The summed E-state index contributed by atoms with van der Waals surface area (Å²) in [4.78, 5) is 0. The number of benzene rings is 1. The van der Waals surface area contributed by atoms with Crippen LogP contribution in [0.4, 0.5) is 4.39 Å². The summed E-state index contributed by atoms with van der Waals surface area (Å²) in [7, 11) is 1.79. The Morgan fingerprint density at radius 3 is 2.56 bits per heavy atom. The smallest absolute Gasteiger partial charge is 0.127 e. The number of halogens is 1. The summed E-state index contributed by atoms with van der Waals surface area (Å²) in [5.74, 6) is 0.00839. The average Bonchev–Trinajstić information content (AvgIpc) is 2.64. The van der Waals surface area contributed by atoms with E-state index in [-0.39, 0.29) is 11.7 Å². The zero-order chi connectivity index (χ0) is 11.7. The van der Waals surface area contributed by atoms with Gasteiger partial charge in [-0.1, -0.05) is 31.2 Å². The molecule has 0 saturated carbocycles. The first-order valence-corrected chi connectivity index (χ1v) is 5.24. The Morgan fingerprint density at radius 2 is 2.06 bits per heavy atom. The van der Waals surface area contributed by atoms with Crippen molar-refractivity contribution in [1.82, 2.24) is 15.0 Å². The van der Waals surface area contributed by atoms with Crippen LogP contribution in [0.2, 0.25) is 0 Å². The van der Waals surface area contributed by atoms with Gasteiger partial charge in [-0.3, -0.25) is 4.68 Å². The zero-order valence-electron chi connectivity index (χ0n) is 9.61. The molecule has 1 aromatic carbocycles. The first kappa shape index (κ1) is 10.8. The van der Waals surface area contributed by atoms with E-state index in [0.29, 0.717) is 5.69 Å². The number of rotatable bonds is 2. The fourth-order valence-electron chi connectivity index (χ4n) is 1.63. The van der Waals surface area contributed by atoms with Gasteiger partial charge in [-0.15, -0.1) is 5.10 Å². The molecule has 0 bridgehead atoms. The summed E-state index contributed by atoms with van der Waals surface area (Å²) >= 11 is 0. The molecule has 0 N–H and O–H groups in total. The topological polar surface area (TPSA) is 30.7 Å². The highest BCUT2D eigenvalue weighted by atomic mass is 19.1. The third-order valence-electron chi connectivity index (χ3n) is 2.52. The van der Waals surface area contributed by atoms with Crippen LogP contribution in [-0.2, 0) is 7.05 Å². The predicted molar refractivity (Wildman–Crippen MR) is 60.5 cm³/mol. The highest BCUT2D eigenvalue weighted by Gasteiger charge is 2.09. The lowest BCUT2D eigenvalue weighted by atomic mass is 10.0. The van der Waals surface area contributed by atoms with E-state index in [0.717, 1.165) is 11.1 Å². The molecule has 0 atom stereocenters. The van der Waals surface area contributed by atoms with Gasteiger partial charge in [-0.25, -0.2) is 4.39 Å². The summed E-state index contributed by atoms with van der Waals surface area (Å²) < 4.78 is 15.3. The van der Waals surface area contributed by atoms with Gasteiger partial charge in [-0.05, 0) is 17.5 Å². The lowest BCUT2D eigenvalue weighted by Gasteiger charge is -2.07. The minimum atomic E-state index is -0.182. The summed E-state index contributed by atoms with van der Waals surface area (Å²) in [6, 6.07) is 5.20. The molecule has 1 aromatic heterocycles. The molecule has 0 aliphatic heterocycles. The van der Waals surface area contributed by atoms with Crippen molar-refractivity contribution in [3.05, 3.63) is 35.8 Å². The zero-order valence-corrected chi connectivity index (χ0v) is 9.61. The number of nitrogens with zero attached hydrogens (tertiary/aromatic N) is 3. The average molecular weight is 219 g/mol. The fraction of sp³-hybridized carbons (Fsp3) is 0.333. The Bertz CT molecular complexity index is 503. The van der Waals surface area contributed by atoms with Crippen LogP contribution < -0.4 is 0 Å². The number of hydrogen-bond acceptors (Lipinski definition) is 2. The number of aryl methyl sites for hydroxylation is 1. The van der Waals surface area contributed by atoms with Crippen LogP contribution in [0.3, 0.4) is 0 Å². The Labute approximate surface area is 93.9 Å². The van der Waals surface area contributed by atoms with Crippen LogP contribution in [0.5, 0.6) is 0 Å². The maximum absolute atomic E-state index is 13.7. The molecule has 1 heterocycles. The highest BCUT2D eigenvalue weighted by Crippen LogP contribution is 2.23. The molecule has 2 aromatic rings. The Hall–Kier alpha value is -1.71. The summed E-state index contributed by atoms with van der Waals surface area (Å²) in [5.41, 5.74) is 2.18. The molecule has 0 unspecified atom stereocenters. The molecule has 84 valence electrons. The number of hydrogen-bond donors (Lipinski definition) is 0. The lowest BCUT2D eigenvalue weighted by molar-refractivity contribution is 0.599. The van der Waals surface area contributed by atoms with Crippen LogP contribution in [0.25, 0.3) is 11.3 Å². The number of aromatic nitrogens is 3. The lowest BCUT2D eigenvalue weighted by Crippen LogP contribution is -1.93. The highest BCUT2D eigenvalue weighted by molar-refractivity contribution is 5.58. The predicted octanol–water partition coefficient (Wildman–Crippen LogP) is 2.74. The first-order chi connectivity index (χ1) is 7.58. The fourth-order valence-corrected chi connectivity index (χ4v) is 1.63. The van der Waals surface area contributed by atoms with Crippen LogP contribution in [-0.4, -0.2) is 15.0 Å². The van der Waals surface area contributed by atoms with E-state index in [4.69, 9.17) is 0 Å². The largest absolute Gasteiger partial charge is 0.255 e. The molecule has 0 fully saturated rings. The molecule has 4 heteroatoms. The molecule has 0 aliphatic rings. The minimum Gasteiger partial charge on any atom is -0.255 e. The van der Waals surface area contributed by atoms with Crippen molar-refractivity contribution in [2.24, 2.45) is 7.05 Å². The van der Waals surface area contributed by atoms with Crippen LogP contribution in [0.15, 0.2) is 24.4 Å². The molecule has 0 amide bonds. The van der Waals surface area contributed by atoms with Gasteiger partial charge >= 0.3 is 0 Å². The van der Waals surface area contributed by atoms with Gasteiger partial charge in [0.25, 0.3) is 0 Å². The van der Waals surface area contributed by atoms with Crippen molar-refractivity contribution in [2.45, 2.75) is 19.8 Å². The van der Waals surface area contributed by atoms with Gasteiger partial charge in [0.15, 0.2) is 0 Å². The molecular weight excluding hydrogens is 205 g/mol. The van der Waals surface area contributed by atoms with Gasteiger partial charge in [0.1, 0.15) is 11.5 Å². The van der Waals surface area contributed by atoms with Crippen molar-refractivity contribution in [3.63, 3.8) is 0 Å². The summed E-state index contributed by atoms with van der Waals surface area (Å²) in [6.45, 7) is 3.95. The molecule has 0 spiro atoms. The van der Waals surface area contributed by atoms with E-state index in [1.807, 2.05) is 26.0 Å². The third-order valence-corrected chi connectivity index (χ3v) is 2.52. The second-order valence-corrected chi connectivity index (χ2v) is 4.17. The van der Waals surface area contributed by atoms with Crippen molar-refractivity contribution < 1.29 is 4.39 Å². The molecule has 0 saturated heterocycles. The molecule has 0 radical (unpaired) electrons. The van der Waals surface area contributed by atoms with Gasteiger partial charge in [0.2, 0.25) is 0 Å². The van der Waals surface area contributed by atoms with Gasteiger partial charge in [-0.2, -0.15) is 0 Å². The van der Waals surface area contributed by atoms with E-state index in [1.54, 1.807) is 17.9 Å². The Morgan fingerprint density at radius 1 is 1.31 bits per heavy atom. The van der Waals surface area contributed by atoms with Crippen molar-refractivity contribution in [3.8, 4) is 11.3 Å². The van der Waals surface area contributed by atoms with E-state index in [9.17, 15) is 4.39 Å². The normalized spacial score (nSPS) is 11.1. The molecule has 3 nitrogen and oxygen atoms in total. The second-order valence-electron chi connectivity index (χ2n) is 4.17. The monoisotopic (exact) mass is 219 g/mol. The van der Waals surface area contributed by atoms with Crippen LogP contribution >= 0.6 is 0 Å².